The zero-order valence-corrected chi connectivity index (χ0v) is 11.7. The van der Waals surface area contributed by atoms with Crippen LogP contribution in [0.25, 0.3) is 0 Å². The first-order valence-corrected chi connectivity index (χ1v) is 7.68. The van der Waals surface area contributed by atoms with Crippen LogP contribution in [0.1, 0.15) is 54.4 Å². The molecule has 1 N–H and O–H groups in total. The van der Waals surface area contributed by atoms with Crippen molar-refractivity contribution in [2.75, 3.05) is 11.9 Å². The van der Waals surface area contributed by atoms with Gasteiger partial charge < -0.3 is 10.1 Å². The smallest absolute Gasteiger partial charge is 0.341 e. The molecule has 0 aromatic carbocycles. The van der Waals surface area contributed by atoms with E-state index in [0.717, 1.165) is 31.2 Å². The maximum absolute atomic E-state index is 12.1. The Balaban J connectivity index is 1.85. The first-order valence-electron chi connectivity index (χ1n) is 6.80. The number of amides is 1. The SMILES string of the molecule is CCOC(=O)c1c(C2CC2)csc1NC(=O)C1CC1. The minimum Gasteiger partial charge on any atom is -0.462 e. The average molecular weight is 279 g/mol. The molecule has 4 nitrogen and oxygen atoms in total. The van der Waals surface area contributed by atoms with Crippen LogP contribution in [0.3, 0.4) is 0 Å². The van der Waals surface area contributed by atoms with Gasteiger partial charge in [0.15, 0.2) is 0 Å². The van der Waals surface area contributed by atoms with Gasteiger partial charge in [0.05, 0.1) is 12.2 Å². The fraction of sp³-hybridized carbons (Fsp3) is 0.571. The van der Waals surface area contributed by atoms with Gasteiger partial charge in [-0.1, -0.05) is 0 Å². The number of rotatable bonds is 5. The van der Waals surface area contributed by atoms with Crippen LogP contribution in [0.2, 0.25) is 0 Å². The minimum absolute atomic E-state index is 0.0368. The Hall–Kier alpha value is -1.36. The predicted octanol–water partition coefficient (Wildman–Crippen LogP) is 3.15. The summed E-state index contributed by atoms with van der Waals surface area (Å²) in [5.41, 5.74) is 1.64. The molecule has 2 aliphatic rings. The summed E-state index contributed by atoms with van der Waals surface area (Å²) in [4.78, 5) is 23.9. The molecule has 102 valence electrons. The van der Waals surface area contributed by atoms with Crippen molar-refractivity contribution in [2.24, 2.45) is 5.92 Å². The van der Waals surface area contributed by atoms with Gasteiger partial charge in [0.1, 0.15) is 5.00 Å². The van der Waals surface area contributed by atoms with E-state index >= 15 is 0 Å². The van der Waals surface area contributed by atoms with Gasteiger partial charge in [-0.05, 0) is 49.5 Å². The molecular formula is C14H17NO3S. The number of thiophene rings is 1. The van der Waals surface area contributed by atoms with Crippen LogP contribution in [0, 0.1) is 5.92 Å². The summed E-state index contributed by atoms with van der Waals surface area (Å²) >= 11 is 1.44. The Labute approximate surface area is 116 Å². The molecular weight excluding hydrogens is 262 g/mol. The number of hydrogen-bond donors (Lipinski definition) is 1. The van der Waals surface area contributed by atoms with Gasteiger partial charge in [-0.2, -0.15) is 0 Å². The van der Waals surface area contributed by atoms with Gasteiger partial charge in [0, 0.05) is 5.92 Å². The zero-order chi connectivity index (χ0) is 13.4. The van der Waals surface area contributed by atoms with Crippen LogP contribution in [-0.2, 0) is 9.53 Å². The summed E-state index contributed by atoms with van der Waals surface area (Å²) in [6, 6.07) is 0. The molecule has 0 atom stereocenters. The molecule has 2 fully saturated rings. The molecule has 1 amide bonds. The molecule has 0 aliphatic heterocycles. The minimum atomic E-state index is -0.309. The second kappa shape index (κ2) is 4.96. The quantitative estimate of drug-likeness (QED) is 0.842. The third-order valence-corrected chi connectivity index (χ3v) is 4.41. The number of hydrogen-bond acceptors (Lipinski definition) is 4. The van der Waals surface area contributed by atoms with Crippen molar-refractivity contribution in [1.29, 1.82) is 0 Å². The van der Waals surface area contributed by atoms with E-state index in [-0.39, 0.29) is 17.8 Å². The van der Waals surface area contributed by atoms with Crippen molar-refractivity contribution in [1.82, 2.24) is 0 Å². The highest BCUT2D eigenvalue weighted by molar-refractivity contribution is 7.15. The molecule has 19 heavy (non-hydrogen) atoms. The van der Waals surface area contributed by atoms with Crippen molar-refractivity contribution in [3.63, 3.8) is 0 Å². The number of ether oxygens (including phenoxy) is 1. The third kappa shape index (κ3) is 2.66. The fourth-order valence-electron chi connectivity index (χ4n) is 2.13. The molecule has 2 aliphatic carbocycles. The summed E-state index contributed by atoms with van der Waals surface area (Å²) in [6.45, 7) is 2.15. The molecule has 1 heterocycles. The van der Waals surface area contributed by atoms with Crippen LogP contribution < -0.4 is 5.32 Å². The maximum Gasteiger partial charge on any atom is 0.341 e. The number of esters is 1. The molecule has 3 rings (SSSR count). The van der Waals surface area contributed by atoms with Gasteiger partial charge in [-0.15, -0.1) is 11.3 Å². The Morgan fingerprint density at radius 1 is 1.37 bits per heavy atom. The molecule has 0 saturated heterocycles. The Morgan fingerprint density at radius 2 is 2.11 bits per heavy atom. The van der Waals surface area contributed by atoms with E-state index in [2.05, 4.69) is 5.32 Å². The van der Waals surface area contributed by atoms with Crippen LogP contribution in [0.5, 0.6) is 0 Å². The Bertz CT molecular complexity index is 515. The number of carbonyl (C=O) groups is 2. The van der Waals surface area contributed by atoms with Crippen molar-refractivity contribution in [3.8, 4) is 0 Å². The summed E-state index contributed by atoms with van der Waals surface area (Å²) in [7, 11) is 0. The number of nitrogens with one attached hydrogen (secondary N) is 1. The van der Waals surface area contributed by atoms with E-state index in [1.165, 1.54) is 11.3 Å². The normalized spacial score (nSPS) is 18.2. The molecule has 1 aromatic heterocycles. The lowest BCUT2D eigenvalue weighted by Crippen LogP contribution is -2.16. The van der Waals surface area contributed by atoms with Gasteiger partial charge in [0.25, 0.3) is 0 Å². The largest absolute Gasteiger partial charge is 0.462 e. The first-order chi connectivity index (χ1) is 9.20. The van der Waals surface area contributed by atoms with Gasteiger partial charge >= 0.3 is 5.97 Å². The van der Waals surface area contributed by atoms with E-state index in [0.29, 0.717) is 23.1 Å². The lowest BCUT2D eigenvalue weighted by atomic mass is 10.1. The van der Waals surface area contributed by atoms with E-state index in [4.69, 9.17) is 4.74 Å². The summed E-state index contributed by atoms with van der Waals surface area (Å²) in [5.74, 6) is 0.343. The second-order valence-electron chi connectivity index (χ2n) is 5.15. The molecule has 0 radical (unpaired) electrons. The molecule has 1 aromatic rings. The van der Waals surface area contributed by atoms with E-state index < -0.39 is 0 Å². The molecule has 0 spiro atoms. The number of carbonyl (C=O) groups excluding carboxylic acids is 2. The van der Waals surface area contributed by atoms with Crippen LogP contribution in [0.4, 0.5) is 5.00 Å². The summed E-state index contributed by atoms with van der Waals surface area (Å²) in [6.07, 6.45) is 4.17. The fourth-order valence-corrected chi connectivity index (χ4v) is 3.16. The standard InChI is InChI=1S/C14H17NO3S/c1-2-18-14(17)11-10(8-3-4-8)7-19-13(11)15-12(16)9-5-6-9/h7-9H,2-6H2,1H3,(H,15,16). The summed E-state index contributed by atoms with van der Waals surface area (Å²) in [5, 5.41) is 5.55. The van der Waals surface area contributed by atoms with Crippen molar-refractivity contribution in [2.45, 2.75) is 38.5 Å². The Morgan fingerprint density at radius 3 is 2.68 bits per heavy atom. The lowest BCUT2D eigenvalue weighted by molar-refractivity contribution is -0.117. The third-order valence-electron chi connectivity index (χ3n) is 3.50. The van der Waals surface area contributed by atoms with Gasteiger partial charge in [-0.3, -0.25) is 4.79 Å². The molecule has 2 saturated carbocycles. The highest BCUT2D eigenvalue weighted by Gasteiger charge is 2.34. The topological polar surface area (TPSA) is 55.4 Å². The lowest BCUT2D eigenvalue weighted by Gasteiger charge is -2.07. The van der Waals surface area contributed by atoms with E-state index in [1.54, 1.807) is 6.92 Å². The molecule has 0 bridgehead atoms. The maximum atomic E-state index is 12.1. The van der Waals surface area contributed by atoms with Crippen molar-refractivity contribution < 1.29 is 14.3 Å². The van der Waals surface area contributed by atoms with Crippen LogP contribution in [0.15, 0.2) is 5.38 Å². The zero-order valence-electron chi connectivity index (χ0n) is 10.9. The Kier molecular flexibility index (Phi) is 3.31. The van der Waals surface area contributed by atoms with E-state index in [9.17, 15) is 9.59 Å². The highest BCUT2D eigenvalue weighted by atomic mass is 32.1. The second-order valence-corrected chi connectivity index (χ2v) is 6.03. The monoisotopic (exact) mass is 279 g/mol. The van der Waals surface area contributed by atoms with Crippen molar-refractivity contribution >= 4 is 28.2 Å². The number of anilines is 1. The average Bonchev–Trinajstić information content (AvgIpc) is 3.26. The van der Waals surface area contributed by atoms with Gasteiger partial charge in [-0.25, -0.2) is 4.79 Å². The molecule has 5 heteroatoms. The van der Waals surface area contributed by atoms with Crippen molar-refractivity contribution in [3.05, 3.63) is 16.5 Å². The van der Waals surface area contributed by atoms with Crippen LogP contribution in [-0.4, -0.2) is 18.5 Å². The highest BCUT2D eigenvalue weighted by Crippen LogP contribution is 2.46. The van der Waals surface area contributed by atoms with Gasteiger partial charge in [0.2, 0.25) is 5.91 Å². The predicted molar refractivity (Wildman–Crippen MR) is 73.6 cm³/mol. The van der Waals surface area contributed by atoms with E-state index in [1.807, 2.05) is 5.38 Å². The summed E-state index contributed by atoms with van der Waals surface area (Å²) < 4.78 is 5.12. The first kappa shape index (κ1) is 12.7. The molecule has 0 unspecified atom stereocenters. The van der Waals surface area contributed by atoms with Crippen LogP contribution >= 0.6 is 11.3 Å².